The summed E-state index contributed by atoms with van der Waals surface area (Å²) in [4.78, 5) is 12.9. The van der Waals surface area contributed by atoms with Gasteiger partial charge in [-0.25, -0.2) is 5.43 Å². The van der Waals surface area contributed by atoms with Crippen molar-refractivity contribution in [2.75, 3.05) is 0 Å². The first-order valence-electron chi connectivity index (χ1n) is 13.4. The molecule has 5 heteroatoms. The Morgan fingerprint density at radius 2 is 1.52 bits per heavy atom. The molecule has 196 valence electrons. The van der Waals surface area contributed by atoms with Gasteiger partial charge in [0.25, 0.3) is 5.91 Å². The summed E-state index contributed by atoms with van der Waals surface area (Å²) in [5, 5.41) is 5.39. The molecule has 4 aromatic carbocycles. The second kappa shape index (κ2) is 10.9. The highest BCUT2D eigenvalue weighted by molar-refractivity contribution is 6.00. The second-order valence-corrected chi connectivity index (χ2v) is 10.0. The minimum atomic E-state index is -0.251. The number of carbonyl (C=O) groups is 1. The zero-order valence-corrected chi connectivity index (χ0v) is 22.6. The first-order chi connectivity index (χ1) is 19.6. The molecule has 5 nitrogen and oxygen atoms in total. The van der Waals surface area contributed by atoms with Crippen LogP contribution >= 0.6 is 0 Å². The van der Waals surface area contributed by atoms with Gasteiger partial charge in [-0.1, -0.05) is 78.4 Å². The highest BCUT2D eigenvalue weighted by Gasteiger charge is 2.11. The SMILES string of the molecule is Cc1ccc(Cn2cc(/C=N/NC(=O)c3ccc(-n4c(C)ccc4-c4ccccc4)cc3)c3ccccc32)cc1. The van der Waals surface area contributed by atoms with Crippen LogP contribution in [0.3, 0.4) is 0 Å². The van der Waals surface area contributed by atoms with Crippen molar-refractivity contribution in [2.24, 2.45) is 5.10 Å². The first-order valence-corrected chi connectivity index (χ1v) is 13.4. The van der Waals surface area contributed by atoms with E-state index in [-0.39, 0.29) is 5.91 Å². The van der Waals surface area contributed by atoms with Gasteiger partial charge in [0.15, 0.2) is 0 Å². The molecule has 1 amide bonds. The quantitative estimate of drug-likeness (QED) is 0.171. The van der Waals surface area contributed by atoms with Gasteiger partial charge >= 0.3 is 0 Å². The lowest BCUT2D eigenvalue weighted by Crippen LogP contribution is -2.17. The van der Waals surface area contributed by atoms with E-state index in [0.29, 0.717) is 5.56 Å². The number of carbonyl (C=O) groups excluding carboxylic acids is 1. The molecule has 0 fully saturated rings. The number of fused-ring (bicyclic) bond motifs is 1. The number of benzene rings is 4. The summed E-state index contributed by atoms with van der Waals surface area (Å²) in [6.07, 6.45) is 3.80. The minimum absolute atomic E-state index is 0.251. The van der Waals surface area contributed by atoms with Crippen molar-refractivity contribution in [3.8, 4) is 16.9 Å². The number of nitrogens with zero attached hydrogens (tertiary/aromatic N) is 3. The molecular weight excluding hydrogens is 492 g/mol. The van der Waals surface area contributed by atoms with E-state index in [4.69, 9.17) is 0 Å². The first kappa shape index (κ1) is 25.1. The number of hydrogen-bond donors (Lipinski definition) is 1. The molecule has 6 rings (SSSR count). The maximum Gasteiger partial charge on any atom is 0.271 e. The summed E-state index contributed by atoms with van der Waals surface area (Å²) in [5.74, 6) is -0.251. The van der Waals surface area contributed by atoms with Crippen LogP contribution in [0, 0.1) is 13.8 Å². The molecule has 1 N–H and O–H groups in total. The molecule has 0 saturated carbocycles. The Labute approximate surface area is 234 Å². The summed E-state index contributed by atoms with van der Waals surface area (Å²) in [6, 6.07) is 39.0. The van der Waals surface area contributed by atoms with E-state index in [1.54, 1.807) is 6.21 Å². The third-order valence-corrected chi connectivity index (χ3v) is 7.20. The van der Waals surface area contributed by atoms with Crippen LogP contribution in [0.15, 0.2) is 127 Å². The van der Waals surface area contributed by atoms with Crippen LogP contribution in [-0.2, 0) is 6.54 Å². The van der Waals surface area contributed by atoms with Gasteiger partial charge in [0, 0.05) is 46.2 Å². The normalized spacial score (nSPS) is 11.3. The Hall–Kier alpha value is -5.16. The van der Waals surface area contributed by atoms with Gasteiger partial charge in [-0.05, 0) is 67.4 Å². The standard InChI is InChI=1S/C35H30N4O/c1-25-12-15-27(16-13-25)23-38-24-30(32-10-6-7-11-34(32)38)22-36-37-35(40)29-17-19-31(20-18-29)39-26(2)14-21-33(39)28-8-4-3-5-9-28/h3-22,24H,23H2,1-2H3,(H,37,40)/b36-22+. The Bertz CT molecular complexity index is 1810. The van der Waals surface area contributed by atoms with Crippen LogP contribution in [0.5, 0.6) is 0 Å². The van der Waals surface area contributed by atoms with Crippen molar-refractivity contribution in [1.29, 1.82) is 0 Å². The molecule has 0 bridgehead atoms. The zero-order chi connectivity index (χ0) is 27.5. The molecule has 2 heterocycles. The number of aryl methyl sites for hydroxylation is 2. The Balaban J connectivity index is 1.18. The lowest BCUT2D eigenvalue weighted by molar-refractivity contribution is 0.0955. The topological polar surface area (TPSA) is 51.3 Å². The van der Waals surface area contributed by atoms with Crippen molar-refractivity contribution in [1.82, 2.24) is 14.6 Å². The van der Waals surface area contributed by atoms with Gasteiger partial charge in [-0.3, -0.25) is 4.79 Å². The predicted octanol–water partition coefficient (Wildman–Crippen LogP) is 7.53. The van der Waals surface area contributed by atoms with Crippen LogP contribution in [0.1, 0.15) is 32.7 Å². The van der Waals surface area contributed by atoms with Gasteiger partial charge < -0.3 is 9.13 Å². The third kappa shape index (κ3) is 5.09. The fraction of sp³-hybridized carbons (Fsp3) is 0.0857. The van der Waals surface area contributed by atoms with E-state index in [9.17, 15) is 4.79 Å². The molecule has 0 aliphatic carbocycles. The number of aromatic nitrogens is 2. The van der Waals surface area contributed by atoms with Crippen molar-refractivity contribution in [3.05, 3.63) is 149 Å². The van der Waals surface area contributed by atoms with Crippen LogP contribution in [0.4, 0.5) is 0 Å². The molecule has 6 aromatic rings. The summed E-state index contributed by atoms with van der Waals surface area (Å²) in [6.45, 7) is 4.94. The molecule has 0 aliphatic rings. The molecule has 0 atom stereocenters. The molecule has 0 aliphatic heterocycles. The summed E-state index contributed by atoms with van der Waals surface area (Å²) >= 11 is 0. The molecule has 2 aromatic heterocycles. The van der Waals surface area contributed by atoms with E-state index in [1.807, 2.05) is 54.6 Å². The zero-order valence-electron chi connectivity index (χ0n) is 22.6. The molecular formula is C35H30N4O. The van der Waals surface area contributed by atoms with E-state index in [2.05, 4.69) is 100 Å². The Kier molecular flexibility index (Phi) is 6.86. The van der Waals surface area contributed by atoms with Gasteiger partial charge in [0.2, 0.25) is 0 Å². The average Bonchev–Trinajstić information content (AvgIpc) is 3.55. The maximum atomic E-state index is 12.9. The lowest BCUT2D eigenvalue weighted by Gasteiger charge is -2.12. The minimum Gasteiger partial charge on any atom is -0.342 e. The van der Waals surface area contributed by atoms with Crippen molar-refractivity contribution in [2.45, 2.75) is 20.4 Å². The number of hydrogen-bond acceptors (Lipinski definition) is 2. The number of nitrogens with one attached hydrogen (secondary N) is 1. The van der Waals surface area contributed by atoms with Gasteiger partial charge in [0.1, 0.15) is 0 Å². The van der Waals surface area contributed by atoms with E-state index < -0.39 is 0 Å². The fourth-order valence-corrected chi connectivity index (χ4v) is 5.10. The summed E-state index contributed by atoms with van der Waals surface area (Å²) in [7, 11) is 0. The van der Waals surface area contributed by atoms with Crippen LogP contribution < -0.4 is 5.43 Å². The van der Waals surface area contributed by atoms with Crippen molar-refractivity contribution in [3.63, 3.8) is 0 Å². The number of hydrazone groups is 1. The lowest BCUT2D eigenvalue weighted by atomic mass is 10.1. The Morgan fingerprint density at radius 1 is 0.800 bits per heavy atom. The number of para-hydroxylation sites is 1. The van der Waals surface area contributed by atoms with E-state index in [0.717, 1.165) is 45.6 Å². The predicted molar refractivity (Wildman–Crippen MR) is 163 cm³/mol. The smallest absolute Gasteiger partial charge is 0.271 e. The second-order valence-electron chi connectivity index (χ2n) is 10.0. The summed E-state index contributed by atoms with van der Waals surface area (Å²) in [5.41, 5.74) is 12.2. The van der Waals surface area contributed by atoms with Crippen LogP contribution in [0.25, 0.3) is 27.8 Å². The van der Waals surface area contributed by atoms with Gasteiger partial charge in [-0.15, -0.1) is 0 Å². The molecule has 0 radical (unpaired) electrons. The molecule has 0 unspecified atom stereocenters. The van der Waals surface area contributed by atoms with E-state index in [1.165, 1.54) is 11.1 Å². The van der Waals surface area contributed by atoms with Gasteiger partial charge in [0.05, 0.1) is 11.9 Å². The molecule has 40 heavy (non-hydrogen) atoms. The van der Waals surface area contributed by atoms with Crippen LogP contribution in [-0.4, -0.2) is 21.3 Å². The molecule has 0 spiro atoms. The Morgan fingerprint density at radius 3 is 2.30 bits per heavy atom. The van der Waals surface area contributed by atoms with Gasteiger partial charge in [-0.2, -0.15) is 5.10 Å². The summed E-state index contributed by atoms with van der Waals surface area (Å²) < 4.78 is 4.41. The third-order valence-electron chi connectivity index (χ3n) is 7.20. The highest BCUT2D eigenvalue weighted by atomic mass is 16.2. The van der Waals surface area contributed by atoms with E-state index >= 15 is 0 Å². The van der Waals surface area contributed by atoms with Crippen molar-refractivity contribution >= 4 is 23.0 Å². The maximum absolute atomic E-state index is 12.9. The monoisotopic (exact) mass is 522 g/mol. The molecule has 0 saturated heterocycles. The average molecular weight is 523 g/mol. The fourth-order valence-electron chi connectivity index (χ4n) is 5.10. The number of amides is 1. The highest BCUT2D eigenvalue weighted by Crippen LogP contribution is 2.26. The van der Waals surface area contributed by atoms with Crippen LogP contribution in [0.2, 0.25) is 0 Å². The number of rotatable bonds is 7. The largest absolute Gasteiger partial charge is 0.342 e. The van der Waals surface area contributed by atoms with Crippen molar-refractivity contribution < 1.29 is 4.79 Å².